The highest BCUT2D eigenvalue weighted by Gasteiger charge is 2.07. The Bertz CT molecular complexity index is 836. The lowest BCUT2D eigenvalue weighted by molar-refractivity contribution is 0.619. The summed E-state index contributed by atoms with van der Waals surface area (Å²) in [7, 11) is 1.94. The first-order chi connectivity index (χ1) is 10.6. The van der Waals surface area contributed by atoms with Crippen LogP contribution in [0.2, 0.25) is 0 Å². The fourth-order valence-electron chi connectivity index (χ4n) is 2.48. The summed E-state index contributed by atoms with van der Waals surface area (Å²) in [6.45, 7) is 3.69. The zero-order valence-corrected chi connectivity index (χ0v) is 12.8. The molecule has 2 aromatic heterocycles. The Labute approximate surface area is 128 Å². The molecule has 6 heteroatoms. The van der Waals surface area contributed by atoms with E-state index in [2.05, 4.69) is 19.5 Å². The van der Waals surface area contributed by atoms with Gasteiger partial charge in [-0.1, -0.05) is 12.1 Å². The van der Waals surface area contributed by atoms with Crippen LogP contribution in [0.4, 0.5) is 5.95 Å². The van der Waals surface area contributed by atoms with Gasteiger partial charge in [0.15, 0.2) is 0 Å². The van der Waals surface area contributed by atoms with E-state index in [4.69, 9.17) is 0 Å². The number of aromatic amines is 1. The molecule has 2 heterocycles. The third-order valence-corrected chi connectivity index (χ3v) is 3.78. The van der Waals surface area contributed by atoms with Crippen molar-refractivity contribution < 1.29 is 0 Å². The smallest absolute Gasteiger partial charge is 0.260 e. The Morgan fingerprint density at radius 2 is 2.14 bits per heavy atom. The van der Waals surface area contributed by atoms with Gasteiger partial charge in [0, 0.05) is 32.5 Å². The standard InChI is InChI=1S/C16H19N5O/c1-12-17-8-11-21(12)10-5-9-20(2)16-18-14-7-4-3-6-13(14)15(22)19-16/h3-4,6-8,11H,5,9-10H2,1-2H3,(H,18,19,22). The van der Waals surface area contributed by atoms with Crippen LogP contribution in [0.15, 0.2) is 41.5 Å². The number of rotatable bonds is 5. The van der Waals surface area contributed by atoms with Crippen LogP contribution in [0.5, 0.6) is 0 Å². The van der Waals surface area contributed by atoms with Gasteiger partial charge in [0.2, 0.25) is 5.95 Å². The van der Waals surface area contributed by atoms with E-state index in [0.29, 0.717) is 11.3 Å². The van der Waals surface area contributed by atoms with E-state index in [1.54, 1.807) is 12.3 Å². The first-order valence-electron chi connectivity index (χ1n) is 7.33. The molecule has 1 aromatic carbocycles. The SMILES string of the molecule is Cc1nccn1CCCN(C)c1nc2ccccc2c(=O)[nH]1. The molecule has 0 aliphatic heterocycles. The van der Waals surface area contributed by atoms with Gasteiger partial charge in [-0.3, -0.25) is 9.78 Å². The Morgan fingerprint density at radius 1 is 1.32 bits per heavy atom. The van der Waals surface area contributed by atoms with Gasteiger partial charge < -0.3 is 9.47 Å². The molecule has 0 aliphatic carbocycles. The van der Waals surface area contributed by atoms with Crippen LogP contribution >= 0.6 is 0 Å². The summed E-state index contributed by atoms with van der Waals surface area (Å²) < 4.78 is 2.12. The quantitative estimate of drug-likeness (QED) is 0.781. The van der Waals surface area contributed by atoms with Crippen molar-refractivity contribution in [2.45, 2.75) is 19.9 Å². The van der Waals surface area contributed by atoms with Crippen LogP contribution < -0.4 is 10.5 Å². The maximum absolute atomic E-state index is 12.1. The zero-order valence-electron chi connectivity index (χ0n) is 12.8. The topological polar surface area (TPSA) is 66.8 Å². The summed E-state index contributed by atoms with van der Waals surface area (Å²) in [5, 5.41) is 0.619. The molecule has 3 rings (SSSR count). The summed E-state index contributed by atoms with van der Waals surface area (Å²) in [6.07, 6.45) is 4.73. The van der Waals surface area contributed by atoms with Crippen LogP contribution in [0.1, 0.15) is 12.2 Å². The molecule has 0 amide bonds. The normalized spacial score (nSPS) is 11.0. The van der Waals surface area contributed by atoms with E-state index in [0.717, 1.165) is 30.9 Å². The molecular weight excluding hydrogens is 278 g/mol. The van der Waals surface area contributed by atoms with Gasteiger partial charge in [-0.15, -0.1) is 0 Å². The number of fused-ring (bicyclic) bond motifs is 1. The minimum atomic E-state index is -0.0992. The maximum Gasteiger partial charge on any atom is 0.260 e. The number of hydrogen-bond acceptors (Lipinski definition) is 4. The van der Waals surface area contributed by atoms with Gasteiger partial charge in [-0.25, -0.2) is 9.97 Å². The lowest BCUT2D eigenvalue weighted by atomic mass is 10.2. The highest BCUT2D eigenvalue weighted by atomic mass is 16.1. The van der Waals surface area contributed by atoms with E-state index < -0.39 is 0 Å². The number of nitrogens with one attached hydrogen (secondary N) is 1. The first kappa shape index (κ1) is 14.3. The van der Waals surface area contributed by atoms with Gasteiger partial charge >= 0.3 is 0 Å². The van der Waals surface area contributed by atoms with Crippen LogP contribution in [0, 0.1) is 6.92 Å². The Kier molecular flexibility index (Phi) is 3.91. The van der Waals surface area contributed by atoms with Gasteiger partial charge in [0.25, 0.3) is 5.56 Å². The van der Waals surface area contributed by atoms with Gasteiger partial charge in [-0.2, -0.15) is 0 Å². The lowest BCUT2D eigenvalue weighted by Crippen LogP contribution is -2.25. The molecule has 22 heavy (non-hydrogen) atoms. The molecular formula is C16H19N5O. The average molecular weight is 297 g/mol. The van der Waals surface area contributed by atoms with Crippen LogP contribution in [-0.2, 0) is 6.54 Å². The number of aryl methyl sites for hydroxylation is 2. The molecule has 114 valence electrons. The van der Waals surface area contributed by atoms with E-state index >= 15 is 0 Å². The Hall–Kier alpha value is -2.63. The van der Waals surface area contributed by atoms with Crippen molar-refractivity contribution in [3.63, 3.8) is 0 Å². The second kappa shape index (κ2) is 6.01. The molecule has 1 N–H and O–H groups in total. The zero-order chi connectivity index (χ0) is 15.5. The monoisotopic (exact) mass is 297 g/mol. The molecule has 0 unspecified atom stereocenters. The van der Waals surface area contributed by atoms with Crippen molar-refractivity contribution in [2.75, 3.05) is 18.5 Å². The van der Waals surface area contributed by atoms with Crippen molar-refractivity contribution in [1.82, 2.24) is 19.5 Å². The molecule has 0 spiro atoms. The predicted molar refractivity (Wildman–Crippen MR) is 87.2 cm³/mol. The highest BCUT2D eigenvalue weighted by molar-refractivity contribution is 5.78. The first-order valence-corrected chi connectivity index (χ1v) is 7.33. The summed E-state index contributed by atoms with van der Waals surface area (Å²) in [6, 6.07) is 7.37. The molecule has 0 fully saturated rings. The minimum absolute atomic E-state index is 0.0992. The molecule has 0 saturated carbocycles. The maximum atomic E-state index is 12.1. The third-order valence-electron chi connectivity index (χ3n) is 3.78. The fraction of sp³-hybridized carbons (Fsp3) is 0.312. The molecule has 0 atom stereocenters. The van der Waals surface area contributed by atoms with E-state index in [9.17, 15) is 4.79 Å². The van der Waals surface area contributed by atoms with Gasteiger partial charge in [-0.05, 0) is 25.5 Å². The largest absolute Gasteiger partial charge is 0.345 e. The number of benzene rings is 1. The summed E-state index contributed by atoms with van der Waals surface area (Å²) >= 11 is 0. The number of imidazole rings is 1. The highest BCUT2D eigenvalue weighted by Crippen LogP contribution is 2.11. The molecule has 0 saturated heterocycles. The number of aromatic nitrogens is 4. The van der Waals surface area contributed by atoms with Crippen LogP contribution in [0.3, 0.4) is 0 Å². The molecule has 6 nitrogen and oxygen atoms in total. The number of anilines is 1. The second-order valence-electron chi connectivity index (χ2n) is 5.35. The summed E-state index contributed by atoms with van der Waals surface area (Å²) in [5.74, 6) is 1.62. The van der Waals surface area contributed by atoms with Crippen molar-refractivity contribution in [3.8, 4) is 0 Å². The number of para-hydroxylation sites is 1. The van der Waals surface area contributed by atoms with Crippen molar-refractivity contribution in [1.29, 1.82) is 0 Å². The van der Waals surface area contributed by atoms with E-state index in [-0.39, 0.29) is 5.56 Å². The molecule has 0 radical (unpaired) electrons. The second-order valence-corrected chi connectivity index (χ2v) is 5.35. The Balaban J connectivity index is 1.71. The number of hydrogen-bond donors (Lipinski definition) is 1. The minimum Gasteiger partial charge on any atom is -0.345 e. The van der Waals surface area contributed by atoms with E-state index in [1.165, 1.54) is 0 Å². The number of nitrogens with zero attached hydrogens (tertiary/aromatic N) is 4. The molecule has 3 aromatic rings. The van der Waals surface area contributed by atoms with Gasteiger partial charge in [0.1, 0.15) is 5.82 Å². The summed E-state index contributed by atoms with van der Waals surface area (Å²) in [4.78, 5) is 25.6. The van der Waals surface area contributed by atoms with E-state index in [1.807, 2.05) is 43.3 Å². The fourth-order valence-corrected chi connectivity index (χ4v) is 2.48. The molecule has 0 bridgehead atoms. The van der Waals surface area contributed by atoms with Crippen molar-refractivity contribution in [3.05, 3.63) is 52.8 Å². The van der Waals surface area contributed by atoms with Crippen molar-refractivity contribution in [2.24, 2.45) is 0 Å². The third kappa shape index (κ3) is 2.86. The number of H-pyrrole nitrogens is 1. The summed E-state index contributed by atoms with van der Waals surface area (Å²) in [5.41, 5.74) is 0.622. The van der Waals surface area contributed by atoms with Crippen LogP contribution in [-0.4, -0.2) is 33.1 Å². The predicted octanol–water partition coefficient (Wildman–Crippen LogP) is 1.95. The molecule has 0 aliphatic rings. The Morgan fingerprint density at radius 3 is 2.91 bits per heavy atom. The van der Waals surface area contributed by atoms with Crippen LogP contribution in [0.25, 0.3) is 10.9 Å². The lowest BCUT2D eigenvalue weighted by Gasteiger charge is -2.18. The van der Waals surface area contributed by atoms with Crippen molar-refractivity contribution >= 4 is 16.9 Å². The van der Waals surface area contributed by atoms with Gasteiger partial charge in [0.05, 0.1) is 10.9 Å². The average Bonchev–Trinajstić information content (AvgIpc) is 2.92.